The van der Waals surface area contributed by atoms with Gasteiger partial charge in [0.25, 0.3) is 0 Å². The van der Waals surface area contributed by atoms with Gasteiger partial charge in [0.05, 0.1) is 24.7 Å². The number of rotatable bonds is 16. The molecule has 1 heterocycles. The van der Waals surface area contributed by atoms with Crippen LogP contribution in [0, 0.1) is 0 Å². The third-order valence-corrected chi connectivity index (χ3v) is 9.69. The fourth-order valence-electron chi connectivity index (χ4n) is 5.55. The van der Waals surface area contributed by atoms with E-state index in [0.717, 1.165) is 22.3 Å². The fraction of sp³-hybridized carbons (Fsp3) is 0.205. The summed E-state index contributed by atoms with van der Waals surface area (Å²) in [7, 11) is 1.22. The van der Waals surface area contributed by atoms with Crippen molar-refractivity contribution in [1.29, 1.82) is 0 Å². The molecule has 12 heteroatoms. The van der Waals surface area contributed by atoms with Crippen molar-refractivity contribution in [1.82, 2.24) is 25.9 Å². The summed E-state index contributed by atoms with van der Waals surface area (Å²) in [5.41, 5.74) is 4.33. The average molecular weight is 706 g/mol. The highest BCUT2D eigenvalue weighted by Gasteiger charge is 2.38. The molecule has 262 valence electrons. The number of amides is 3. The van der Waals surface area contributed by atoms with Crippen LogP contribution in [0.25, 0.3) is 0 Å². The maximum absolute atomic E-state index is 13.8. The van der Waals surface area contributed by atoms with E-state index in [0.29, 0.717) is 5.69 Å². The Kier molecular flexibility index (Phi) is 13.0. The summed E-state index contributed by atoms with van der Waals surface area (Å²) in [6.45, 7) is -0.456. The molecule has 2 atom stereocenters. The molecule has 0 aliphatic rings. The van der Waals surface area contributed by atoms with E-state index in [1.807, 2.05) is 121 Å². The number of ether oxygens (including phenoxy) is 2. The summed E-state index contributed by atoms with van der Waals surface area (Å²) in [6.07, 6.45) is 2.32. The van der Waals surface area contributed by atoms with Crippen LogP contribution in [0.3, 0.4) is 0 Å². The zero-order valence-corrected chi connectivity index (χ0v) is 28.8. The van der Waals surface area contributed by atoms with Crippen LogP contribution in [0.2, 0.25) is 0 Å². The first-order chi connectivity index (χ1) is 24.9. The number of carbonyl (C=O) groups excluding carboxylic acids is 4. The van der Waals surface area contributed by atoms with Gasteiger partial charge in [-0.05, 0) is 22.3 Å². The molecule has 2 unspecified atom stereocenters. The number of thioether (sulfide) groups is 1. The molecule has 5 rings (SSSR count). The largest absolute Gasteiger partial charge is 0.467 e. The van der Waals surface area contributed by atoms with E-state index in [2.05, 4.69) is 25.9 Å². The standard InChI is InChI=1S/C39H39N5O6S/c1-49-37(47)33(22-32-23-40-27-42-32)43-35(45)24-41-36(46)34(44-38(48)50-25-28-14-6-2-7-15-28)26-51-39(29-16-8-3-9-17-29,30-18-10-4-11-19-30)31-20-12-5-13-21-31/h2-21,23,27,33-34H,22,24-26H2,1H3,(H,40,42)(H,41,46)(H,43,45)(H,44,48). The zero-order valence-electron chi connectivity index (χ0n) is 28.0. The van der Waals surface area contributed by atoms with Gasteiger partial charge in [0.1, 0.15) is 18.7 Å². The zero-order chi connectivity index (χ0) is 35.9. The van der Waals surface area contributed by atoms with Crippen molar-refractivity contribution in [2.24, 2.45) is 0 Å². The smallest absolute Gasteiger partial charge is 0.408 e. The van der Waals surface area contributed by atoms with E-state index in [-0.39, 0.29) is 18.8 Å². The van der Waals surface area contributed by atoms with Crippen molar-refractivity contribution >= 4 is 35.6 Å². The Hall–Kier alpha value is -5.88. The SMILES string of the molecule is COC(=O)C(Cc1cnc[nH]1)NC(=O)CNC(=O)C(CSC(c1ccccc1)(c1ccccc1)c1ccccc1)NC(=O)OCc1ccccc1. The number of carbonyl (C=O) groups is 4. The summed E-state index contributed by atoms with van der Waals surface area (Å²) in [5.74, 6) is -1.79. The lowest BCUT2D eigenvalue weighted by Crippen LogP contribution is -2.52. The highest BCUT2D eigenvalue weighted by Crippen LogP contribution is 2.48. The monoisotopic (exact) mass is 705 g/mol. The van der Waals surface area contributed by atoms with Crippen LogP contribution in [0.4, 0.5) is 4.79 Å². The number of nitrogens with zero attached hydrogens (tertiary/aromatic N) is 1. The van der Waals surface area contributed by atoms with Crippen LogP contribution in [-0.4, -0.2) is 65.3 Å². The molecule has 5 aromatic rings. The first-order valence-corrected chi connectivity index (χ1v) is 17.3. The lowest BCUT2D eigenvalue weighted by atomic mass is 9.84. The molecule has 0 radical (unpaired) electrons. The average Bonchev–Trinajstić information content (AvgIpc) is 3.70. The summed E-state index contributed by atoms with van der Waals surface area (Å²) in [4.78, 5) is 59.2. The maximum Gasteiger partial charge on any atom is 0.408 e. The van der Waals surface area contributed by atoms with Crippen LogP contribution < -0.4 is 16.0 Å². The van der Waals surface area contributed by atoms with Gasteiger partial charge < -0.3 is 30.4 Å². The molecule has 0 bridgehead atoms. The number of imidazole rings is 1. The van der Waals surface area contributed by atoms with Crippen molar-refractivity contribution < 1.29 is 28.7 Å². The van der Waals surface area contributed by atoms with E-state index in [1.54, 1.807) is 0 Å². The molecule has 0 saturated heterocycles. The Morgan fingerprint density at radius 2 is 1.31 bits per heavy atom. The van der Waals surface area contributed by atoms with Crippen LogP contribution in [-0.2, 0) is 41.6 Å². The molecule has 4 N–H and O–H groups in total. The molecule has 1 aromatic heterocycles. The van der Waals surface area contributed by atoms with E-state index in [9.17, 15) is 19.2 Å². The number of hydrogen-bond acceptors (Lipinski definition) is 8. The lowest BCUT2D eigenvalue weighted by Gasteiger charge is -2.36. The highest BCUT2D eigenvalue weighted by atomic mass is 32.2. The molecule has 0 spiro atoms. The third-order valence-electron chi connectivity index (χ3n) is 8.05. The molecule has 0 fully saturated rings. The number of benzene rings is 4. The molecule has 11 nitrogen and oxygen atoms in total. The highest BCUT2D eigenvalue weighted by molar-refractivity contribution is 8.00. The molecule has 0 aliphatic carbocycles. The normalized spacial score (nSPS) is 12.2. The number of hydrogen-bond donors (Lipinski definition) is 4. The van der Waals surface area contributed by atoms with E-state index < -0.39 is 47.3 Å². The van der Waals surface area contributed by atoms with E-state index in [4.69, 9.17) is 9.47 Å². The maximum atomic E-state index is 13.8. The second-order valence-corrected chi connectivity index (χ2v) is 12.7. The van der Waals surface area contributed by atoms with Gasteiger partial charge in [0.15, 0.2) is 0 Å². The Morgan fingerprint density at radius 1 is 0.765 bits per heavy atom. The van der Waals surface area contributed by atoms with Crippen molar-refractivity contribution in [2.45, 2.75) is 29.9 Å². The predicted octanol–water partition coefficient (Wildman–Crippen LogP) is 4.75. The number of alkyl carbamates (subject to hydrolysis) is 1. The van der Waals surface area contributed by atoms with Crippen molar-refractivity contribution in [3.8, 4) is 0 Å². The van der Waals surface area contributed by atoms with Crippen LogP contribution >= 0.6 is 11.8 Å². The summed E-state index contributed by atoms with van der Waals surface area (Å²) in [5, 5.41) is 7.96. The number of H-pyrrole nitrogens is 1. The predicted molar refractivity (Wildman–Crippen MR) is 194 cm³/mol. The number of aromatic nitrogens is 2. The minimum Gasteiger partial charge on any atom is -0.467 e. The van der Waals surface area contributed by atoms with Gasteiger partial charge in [-0.3, -0.25) is 9.59 Å². The Bertz CT molecular complexity index is 1750. The van der Waals surface area contributed by atoms with Crippen LogP contribution in [0.15, 0.2) is 134 Å². The molecule has 0 aliphatic heterocycles. The first kappa shape index (κ1) is 36.4. The van der Waals surface area contributed by atoms with Crippen molar-refractivity contribution in [3.63, 3.8) is 0 Å². The van der Waals surface area contributed by atoms with Gasteiger partial charge in [-0.2, -0.15) is 0 Å². The van der Waals surface area contributed by atoms with Gasteiger partial charge in [-0.25, -0.2) is 14.6 Å². The minimum atomic E-state index is -1.12. The van der Waals surface area contributed by atoms with E-state index >= 15 is 0 Å². The van der Waals surface area contributed by atoms with Gasteiger partial charge in [0, 0.05) is 24.1 Å². The topological polar surface area (TPSA) is 152 Å². The summed E-state index contributed by atoms with van der Waals surface area (Å²) < 4.78 is 9.56. The molecule has 4 aromatic carbocycles. The second kappa shape index (κ2) is 18.2. The molecule has 51 heavy (non-hydrogen) atoms. The van der Waals surface area contributed by atoms with Crippen molar-refractivity contribution in [3.05, 3.63) is 162 Å². The molecule has 0 saturated carbocycles. The van der Waals surface area contributed by atoms with Crippen molar-refractivity contribution in [2.75, 3.05) is 19.4 Å². The summed E-state index contributed by atoms with van der Waals surface area (Å²) in [6, 6.07) is 36.9. The lowest BCUT2D eigenvalue weighted by molar-refractivity contribution is -0.145. The minimum absolute atomic E-state index is 0.00376. The number of aromatic amines is 1. The van der Waals surface area contributed by atoms with Gasteiger partial charge in [-0.1, -0.05) is 121 Å². The molecule has 3 amide bonds. The van der Waals surface area contributed by atoms with Crippen LogP contribution in [0.1, 0.15) is 27.9 Å². The van der Waals surface area contributed by atoms with Gasteiger partial charge in [-0.15, -0.1) is 11.8 Å². The van der Waals surface area contributed by atoms with Gasteiger partial charge in [0.2, 0.25) is 11.8 Å². The number of methoxy groups -OCH3 is 1. The van der Waals surface area contributed by atoms with Gasteiger partial charge >= 0.3 is 12.1 Å². The quantitative estimate of drug-likeness (QED) is 0.0849. The van der Waals surface area contributed by atoms with E-state index in [1.165, 1.54) is 31.4 Å². The molecular weight excluding hydrogens is 667 g/mol. The van der Waals surface area contributed by atoms with Crippen LogP contribution in [0.5, 0.6) is 0 Å². The second-order valence-electron chi connectivity index (χ2n) is 11.5. The first-order valence-electron chi connectivity index (χ1n) is 16.3. The third kappa shape index (κ3) is 9.86. The molecular formula is C39H39N5O6S. The summed E-state index contributed by atoms with van der Waals surface area (Å²) >= 11 is 1.47. The Labute approximate surface area is 300 Å². The Balaban J connectivity index is 1.38. The number of nitrogens with one attached hydrogen (secondary N) is 4. The Morgan fingerprint density at radius 3 is 1.82 bits per heavy atom. The number of esters is 1. The fourth-order valence-corrected chi connectivity index (χ4v) is 7.11.